The number of carboxylic acids is 2. The maximum Gasteiger partial charge on any atom is 0.459 e. The van der Waals surface area contributed by atoms with E-state index in [1.807, 2.05) is 0 Å². The number of carboxylic acid groups (broad SMARTS) is 2. The van der Waals surface area contributed by atoms with Crippen molar-refractivity contribution >= 4 is 11.9 Å². The van der Waals surface area contributed by atoms with Gasteiger partial charge in [-0.05, 0) is 11.1 Å². The molecule has 0 aliphatic heterocycles. The highest BCUT2D eigenvalue weighted by Crippen LogP contribution is 2.51. The van der Waals surface area contributed by atoms with Crippen molar-refractivity contribution in [2.45, 2.75) is 48.9 Å². The minimum Gasteiger partial charge on any atom is -0.545 e. The SMILES string of the molecule is O=C([O-])/C(CC(F)(F)C(F)(F)C(F)(F)F)=C(\CC(F)(F)C(F)(F)C(F)(F)F)C(=O)[O-]. The molecule has 30 heavy (non-hydrogen) atoms. The van der Waals surface area contributed by atoms with E-state index >= 15 is 0 Å². The first-order valence-electron chi connectivity index (χ1n) is 6.63. The first-order chi connectivity index (χ1) is 12.8. The molecular formula is C12H4F14O4-2. The lowest BCUT2D eigenvalue weighted by Gasteiger charge is -2.32. The normalized spacial score (nSPS) is 15.7. The van der Waals surface area contributed by atoms with Crippen LogP contribution in [0.4, 0.5) is 61.5 Å². The summed E-state index contributed by atoms with van der Waals surface area (Å²) in [5.74, 6) is -34.3. The third-order valence-electron chi connectivity index (χ3n) is 3.29. The van der Waals surface area contributed by atoms with Gasteiger partial charge in [0, 0.05) is 12.8 Å². The van der Waals surface area contributed by atoms with Crippen LogP contribution in [0.3, 0.4) is 0 Å². The van der Waals surface area contributed by atoms with Crippen LogP contribution in [0.15, 0.2) is 11.1 Å². The van der Waals surface area contributed by atoms with Crippen LogP contribution in [0.25, 0.3) is 0 Å². The Balaban J connectivity index is 6.59. The van der Waals surface area contributed by atoms with E-state index in [4.69, 9.17) is 0 Å². The van der Waals surface area contributed by atoms with Gasteiger partial charge in [-0.25, -0.2) is 0 Å². The maximum atomic E-state index is 13.3. The van der Waals surface area contributed by atoms with Crippen LogP contribution in [-0.2, 0) is 9.59 Å². The summed E-state index contributed by atoms with van der Waals surface area (Å²) in [6, 6.07) is 0. The molecule has 0 aromatic heterocycles. The summed E-state index contributed by atoms with van der Waals surface area (Å²) < 4.78 is 176. The molecule has 0 aliphatic rings. The smallest absolute Gasteiger partial charge is 0.459 e. The molecule has 0 heterocycles. The number of rotatable bonds is 8. The Bertz CT molecular complexity index is 655. The highest BCUT2D eigenvalue weighted by atomic mass is 19.4. The number of halogens is 14. The van der Waals surface area contributed by atoms with Crippen LogP contribution in [-0.4, -0.2) is 48.0 Å². The van der Waals surface area contributed by atoms with Crippen molar-refractivity contribution in [3.63, 3.8) is 0 Å². The summed E-state index contributed by atoms with van der Waals surface area (Å²) in [6.45, 7) is 0. The van der Waals surface area contributed by atoms with E-state index < -0.39 is 72.0 Å². The van der Waals surface area contributed by atoms with Gasteiger partial charge in [-0.2, -0.15) is 61.5 Å². The van der Waals surface area contributed by atoms with Gasteiger partial charge in [0.05, 0.1) is 11.9 Å². The molecule has 0 aromatic rings. The fourth-order valence-electron chi connectivity index (χ4n) is 1.68. The van der Waals surface area contributed by atoms with Crippen LogP contribution in [0.5, 0.6) is 0 Å². The molecule has 0 aromatic carbocycles. The van der Waals surface area contributed by atoms with E-state index in [-0.39, 0.29) is 0 Å². The molecule has 0 aliphatic carbocycles. The number of aliphatic carboxylic acids is 2. The van der Waals surface area contributed by atoms with E-state index in [0.29, 0.717) is 0 Å². The van der Waals surface area contributed by atoms with Crippen molar-refractivity contribution in [2.75, 3.05) is 0 Å². The van der Waals surface area contributed by atoms with E-state index in [0.717, 1.165) is 0 Å². The Labute approximate surface area is 154 Å². The molecule has 0 rings (SSSR count). The molecule has 0 spiro atoms. The molecule has 176 valence electrons. The highest BCUT2D eigenvalue weighted by molar-refractivity contribution is 5.97. The fourth-order valence-corrected chi connectivity index (χ4v) is 1.68. The summed E-state index contributed by atoms with van der Waals surface area (Å²) in [4.78, 5) is 21.3. The van der Waals surface area contributed by atoms with Gasteiger partial charge in [-0.15, -0.1) is 0 Å². The van der Waals surface area contributed by atoms with E-state index in [1.165, 1.54) is 0 Å². The van der Waals surface area contributed by atoms with Crippen molar-refractivity contribution in [1.82, 2.24) is 0 Å². The fraction of sp³-hybridized carbons (Fsp3) is 0.667. The quantitative estimate of drug-likeness (QED) is 0.396. The third kappa shape index (κ3) is 5.05. The van der Waals surface area contributed by atoms with Gasteiger partial charge in [-0.3, -0.25) is 0 Å². The van der Waals surface area contributed by atoms with E-state index in [1.54, 1.807) is 0 Å². The Morgan fingerprint density at radius 2 is 0.700 bits per heavy atom. The molecule has 0 fully saturated rings. The molecule has 0 saturated carbocycles. The zero-order chi connectivity index (χ0) is 24.7. The molecule has 0 amide bonds. The average molecular weight is 478 g/mol. The second-order valence-corrected chi connectivity index (χ2v) is 5.44. The van der Waals surface area contributed by atoms with Gasteiger partial charge in [0.1, 0.15) is 0 Å². The van der Waals surface area contributed by atoms with Gasteiger partial charge in [0.2, 0.25) is 0 Å². The van der Waals surface area contributed by atoms with Gasteiger partial charge < -0.3 is 19.8 Å². The lowest BCUT2D eigenvalue weighted by molar-refractivity contribution is -0.356. The minimum atomic E-state index is -7.11. The van der Waals surface area contributed by atoms with Crippen LogP contribution in [0.1, 0.15) is 12.8 Å². The summed E-state index contributed by atoms with van der Waals surface area (Å²) in [5.41, 5.74) is -6.11. The average Bonchev–Trinajstić information content (AvgIpc) is 2.47. The van der Waals surface area contributed by atoms with Gasteiger partial charge in [-0.1, -0.05) is 0 Å². The molecule has 0 N–H and O–H groups in total. The Hall–Kier alpha value is -2.30. The van der Waals surface area contributed by atoms with Crippen molar-refractivity contribution in [1.29, 1.82) is 0 Å². The predicted molar refractivity (Wildman–Crippen MR) is 58.2 cm³/mol. The Morgan fingerprint density at radius 1 is 0.500 bits per heavy atom. The molecule has 18 heteroatoms. The first-order valence-corrected chi connectivity index (χ1v) is 6.63. The van der Waals surface area contributed by atoms with Crippen LogP contribution >= 0.6 is 0 Å². The molecule has 0 atom stereocenters. The molecule has 0 bridgehead atoms. The molecule has 0 radical (unpaired) electrons. The zero-order valence-electron chi connectivity index (χ0n) is 13.3. The molecular weight excluding hydrogens is 474 g/mol. The monoisotopic (exact) mass is 478 g/mol. The molecule has 4 nitrogen and oxygen atoms in total. The summed E-state index contributed by atoms with van der Waals surface area (Å²) in [5, 5.41) is 21.3. The maximum absolute atomic E-state index is 13.3. The van der Waals surface area contributed by atoms with Crippen molar-refractivity contribution in [3.8, 4) is 0 Å². The van der Waals surface area contributed by atoms with Gasteiger partial charge in [0.25, 0.3) is 0 Å². The summed E-state index contributed by atoms with van der Waals surface area (Å²) in [7, 11) is 0. The summed E-state index contributed by atoms with van der Waals surface area (Å²) >= 11 is 0. The number of carbonyl (C=O) groups is 2. The van der Waals surface area contributed by atoms with Crippen molar-refractivity contribution in [2.24, 2.45) is 0 Å². The minimum absolute atomic E-state index is 3.05. The summed E-state index contributed by atoms with van der Waals surface area (Å²) in [6.07, 6.45) is -21.3. The topological polar surface area (TPSA) is 80.3 Å². The lowest BCUT2D eigenvalue weighted by atomic mass is 9.92. The van der Waals surface area contributed by atoms with Crippen LogP contribution < -0.4 is 10.2 Å². The van der Waals surface area contributed by atoms with Gasteiger partial charge in [0.15, 0.2) is 0 Å². The van der Waals surface area contributed by atoms with E-state index in [2.05, 4.69) is 0 Å². The van der Waals surface area contributed by atoms with Gasteiger partial charge >= 0.3 is 36.0 Å². The highest BCUT2D eigenvalue weighted by Gasteiger charge is 2.74. The lowest BCUT2D eigenvalue weighted by Crippen LogP contribution is -2.54. The number of hydrogen-bond acceptors (Lipinski definition) is 4. The zero-order valence-corrected chi connectivity index (χ0v) is 13.3. The molecule has 0 saturated heterocycles. The number of hydrogen-bond donors (Lipinski definition) is 0. The Morgan fingerprint density at radius 3 is 0.833 bits per heavy atom. The van der Waals surface area contributed by atoms with Crippen molar-refractivity contribution < 1.29 is 81.3 Å². The number of carbonyl (C=O) groups excluding carboxylic acids is 2. The predicted octanol–water partition coefficient (Wildman–Crippen LogP) is 2.23. The molecule has 0 unspecified atom stereocenters. The second-order valence-electron chi connectivity index (χ2n) is 5.44. The Kier molecular flexibility index (Phi) is 7.16. The largest absolute Gasteiger partial charge is 0.545 e. The third-order valence-corrected chi connectivity index (χ3v) is 3.29. The number of alkyl halides is 14. The standard InChI is InChI=1S/C12H6F14O4/c13-7(14,9(17,18)11(21,22)23)1-3(5(27)28)4(6(29)30)2-8(15,16)10(19,20)12(24,25)26/h1-2H2,(H,27,28)(H,29,30)/p-2/b4-3+. The van der Waals surface area contributed by atoms with Crippen LogP contribution in [0.2, 0.25) is 0 Å². The second kappa shape index (κ2) is 7.75. The van der Waals surface area contributed by atoms with Crippen LogP contribution in [0, 0.1) is 0 Å². The first kappa shape index (κ1) is 27.7. The van der Waals surface area contributed by atoms with E-state index in [9.17, 15) is 81.3 Å². The van der Waals surface area contributed by atoms with Crippen molar-refractivity contribution in [3.05, 3.63) is 11.1 Å².